The van der Waals surface area contributed by atoms with E-state index in [9.17, 15) is 14.4 Å². The van der Waals surface area contributed by atoms with E-state index in [4.69, 9.17) is 9.47 Å². The summed E-state index contributed by atoms with van der Waals surface area (Å²) in [6.07, 6.45) is 0.661. The van der Waals surface area contributed by atoms with Gasteiger partial charge in [0.15, 0.2) is 0 Å². The van der Waals surface area contributed by atoms with Gasteiger partial charge in [0.05, 0.1) is 13.2 Å². The van der Waals surface area contributed by atoms with Gasteiger partial charge in [-0.1, -0.05) is 13.2 Å². The zero-order chi connectivity index (χ0) is 15.5. The molecule has 0 fully saturated rings. The summed E-state index contributed by atoms with van der Waals surface area (Å²) in [5, 5.41) is 2.58. The molecule has 1 N–H and O–H groups in total. The van der Waals surface area contributed by atoms with Crippen molar-refractivity contribution in [2.75, 3.05) is 19.8 Å². The first-order chi connectivity index (χ1) is 9.34. The maximum absolute atomic E-state index is 11.4. The summed E-state index contributed by atoms with van der Waals surface area (Å²) >= 11 is 0. The van der Waals surface area contributed by atoms with Crippen LogP contribution in [-0.2, 0) is 23.9 Å². The molecule has 0 rings (SSSR count). The Morgan fingerprint density at radius 1 is 0.950 bits per heavy atom. The topological polar surface area (TPSA) is 81.7 Å². The number of ether oxygens (including phenoxy) is 2. The van der Waals surface area contributed by atoms with Gasteiger partial charge >= 0.3 is 11.9 Å². The third-order valence-corrected chi connectivity index (χ3v) is 2.14. The Bertz CT molecular complexity index is 364. The highest BCUT2D eigenvalue weighted by Gasteiger charge is 2.06. The first-order valence-electron chi connectivity index (χ1n) is 6.26. The second kappa shape index (κ2) is 9.77. The van der Waals surface area contributed by atoms with Gasteiger partial charge in [-0.05, 0) is 20.3 Å². The molecule has 0 aromatic heterocycles. The highest BCUT2D eigenvalue weighted by Crippen LogP contribution is 1.96. The molecule has 6 nitrogen and oxygen atoms in total. The average Bonchev–Trinajstić information content (AvgIpc) is 2.38. The predicted octanol–water partition coefficient (Wildman–Crippen LogP) is 1.12. The van der Waals surface area contributed by atoms with Crippen molar-refractivity contribution >= 4 is 17.8 Å². The molecule has 0 saturated carbocycles. The molecule has 0 bridgehead atoms. The van der Waals surface area contributed by atoms with E-state index in [0.717, 1.165) is 0 Å². The van der Waals surface area contributed by atoms with Crippen LogP contribution in [0.3, 0.4) is 0 Å². The SMILES string of the molecule is C=C(C)C(=O)OCCCC(=O)NCCOC(=O)C(=C)C. The van der Waals surface area contributed by atoms with E-state index in [1.54, 1.807) is 13.8 Å². The minimum absolute atomic E-state index is 0.0993. The van der Waals surface area contributed by atoms with Crippen LogP contribution in [0.25, 0.3) is 0 Å². The second-order valence-electron chi connectivity index (χ2n) is 4.29. The minimum atomic E-state index is -0.481. The number of esters is 2. The first kappa shape index (κ1) is 17.9. The van der Waals surface area contributed by atoms with Gasteiger partial charge in [0.2, 0.25) is 5.91 Å². The molecule has 0 atom stereocenters. The highest BCUT2D eigenvalue weighted by molar-refractivity contribution is 5.87. The Labute approximate surface area is 118 Å². The van der Waals surface area contributed by atoms with Crippen LogP contribution in [0.1, 0.15) is 26.7 Å². The molecular formula is C14H21NO5. The fourth-order valence-corrected chi connectivity index (χ4v) is 1.07. The third kappa shape index (κ3) is 8.91. The largest absolute Gasteiger partial charge is 0.462 e. The number of hydrogen-bond donors (Lipinski definition) is 1. The van der Waals surface area contributed by atoms with E-state index >= 15 is 0 Å². The standard InChI is InChI=1S/C14H21NO5/c1-10(2)13(17)19-8-5-6-12(16)15-7-9-20-14(18)11(3)4/h1,3,5-9H2,2,4H3,(H,15,16). The molecule has 0 aromatic carbocycles. The monoisotopic (exact) mass is 283 g/mol. The van der Waals surface area contributed by atoms with Crippen LogP contribution in [0.15, 0.2) is 24.3 Å². The number of amides is 1. The molecule has 0 spiro atoms. The Morgan fingerprint density at radius 2 is 1.45 bits per heavy atom. The lowest BCUT2D eigenvalue weighted by Gasteiger charge is -2.07. The summed E-state index contributed by atoms with van der Waals surface area (Å²) in [7, 11) is 0. The Balaban J connectivity index is 3.55. The van der Waals surface area contributed by atoms with Crippen molar-refractivity contribution in [1.29, 1.82) is 0 Å². The van der Waals surface area contributed by atoms with Gasteiger partial charge in [-0.2, -0.15) is 0 Å². The normalized spacial score (nSPS) is 9.50. The highest BCUT2D eigenvalue weighted by atomic mass is 16.5. The molecule has 0 saturated heterocycles. The summed E-state index contributed by atoms with van der Waals surface area (Å²) in [5.41, 5.74) is 0.643. The molecule has 20 heavy (non-hydrogen) atoms. The third-order valence-electron chi connectivity index (χ3n) is 2.14. The van der Waals surface area contributed by atoms with E-state index in [2.05, 4.69) is 18.5 Å². The number of rotatable bonds is 9. The van der Waals surface area contributed by atoms with E-state index in [1.165, 1.54) is 0 Å². The van der Waals surface area contributed by atoms with Crippen LogP contribution in [0.4, 0.5) is 0 Å². The molecule has 0 aliphatic heterocycles. The van der Waals surface area contributed by atoms with Crippen molar-refractivity contribution in [1.82, 2.24) is 5.32 Å². The summed E-state index contributed by atoms with van der Waals surface area (Å²) < 4.78 is 9.64. The second-order valence-corrected chi connectivity index (χ2v) is 4.29. The number of nitrogens with one attached hydrogen (secondary N) is 1. The molecule has 6 heteroatoms. The van der Waals surface area contributed by atoms with Crippen LogP contribution in [0, 0.1) is 0 Å². The van der Waals surface area contributed by atoms with E-state index in [1.807, 2.05) is 0 Å². The fraction of sp³-hybridized carbons (Fsp3) is 0.500. The van der Waals surface area contributed by atoms with Crippen molar-refractivity contribution in [3.63, 3.8) is 0 Å². The fourth-order valence-electron chi connectivity index (χ4n) is 1.07. The molecule has 0 heterocycles. The summed E-state index contributed by atoms with van der Waals surface area (Å²) in [5.74, 6) is -1.13. The van der Waals surface area contributed by atoms with Gasteiger partial charge < -0.3 is 14.8 Å². The van der Waals surface area contributed by atoms with Crippen LogP contribution in [0.5, 0.6) is 0 Å². The van der Waals surface area contributed by atoms with Crippen molar-refractivity contribution < 1.29 is 23.9 Å². The Hall–Kier alpha value is -2.11. The molecule has 0 aliphatic carbocycles. The van der Waals surface area contributed by atoms with Crippen molar-refractivity contribution in [3.8, 4) is 0 Å². The number of carbonyl (C=O) groups is 3. The maximum atomic E-state index is 11.4. The van der Waals surface area contributed by atoms with Crippen LogP contribution >= 0.6 is 0 Å². The van der Waals surface area contributed by atoms with Gasteiger partial charge in [-0.25, -0.2) is 9.59 Å². The van der Waals surface area contributed by atoms with Gasteiger partial charge in [-0.3, -0.25) is 4.79 Å². The molecule has 0 aliphatic rings. The van der Waals surface area contributed by atoms with Crippen molar-refractivity contribution in [2.24, 2.45) is 0 Å². The van der Waals surface area contributed by atoms with E-state index in [-0.39, 0.29) is 32.1 Å². The summed E-state index contributed by atoms with van der Waals surface area (Å²) in [6, 6.07) is 0. The van der Waals surface area contributed by atoms with Crippen LogP contribution in [-0.4, -0.2) is 37.6 Å². The van der Waals surface area contributed by atoms with Gasteiger partial charge in [-0.15, -0.1) is 0 Å². The van der Waals surface area contributed by atoms with Crippen molar-refractivity contribution in [3.05, 3.63) is 24.3 Å². The smallest absolute Gasteiger partial charge is 0.333 e. The lowest BCUT2D eigenvalue weighted by Crippen LogP contribution is -2.28. The molecule has 1 amide bonds. The summed E-state index contributed by atoms with van der Waals surface area (Å²) in [4.78, 5) is 33.4. The quantitative estimate of drug-likeness (QED) is 0.389. The molecule has 0 aromatic rings. The van der Waals surface area contributed by atoms with Crippen LogP contribution in [0.2, 0.25) is 0 Å². The molecular weight excluding hydrogens is 262 g/mol. The van der Waals surface area contributed by atoms with E-state index in [0.29, 0.717) is 17.6 Å². The minimum Gasteiger partial charge on any atom is -0.462 e. The van der Waals surface area contributed by atoms with Gasteiger partial charge in [0.25, 0.3) is 0 Å². The Morgan fingerprint density at radius 3 is 1.95 bits per heavy atom. The zero-order valence-corrected chi connectivity index (χ0v) is 12.0. The number of carbonyl (C=O) groups excluding carboxylic acids is 3. The zero-order valence-electron chi connectivity index (χ0n) is 12.0. The van der Waals surface area contributed by atoms with Gasteiger partial charge in [0.1, 0.15) is 6.61 Å². The molecule has 0 unspecified atom stereocenters. The average molecular weight is 283 g/mol. The van der Waals surface area contributed by atoms with Gasteiger partial charge in [0, 0.05) is 17.6 Å². The van der Waals surface area contributed by atoms with Crippen LogP contribution < -0.4 is 5.32 Å². The molecule has 0 radical (unpaired) electrons. The summed E-state index contributed by atoms with van der Waals surface area (Å²) in [6.45, 7) is 10.5. The lowest BCUT2D eigenvalue weighted by atomic mass is 10.3. The molecule has 112 valence electrons. The van der Waals surface area contributed by atoms with E-state index < -0.39 is 11.9 Å². The lowest BCUT2D eigenvalue weighted by molar-refractivity contribution is -0.139. The number of hydrogen-bond acceptors (Lipinski definition) is 5. The van der Waals surface area contributed by atoms with Crippen molar-refractivity contribution in [2.45, 2.75) is 26.7 Å². The first-order valence-corrected chi connectivity index (χ1v) is 6.26. The Kier molecular flexibility index (Phi) is 8.74. The maximum Gasteiger partial charge on any atom is 0.333 e. The predicted molar refractivity (Wildman–Crippen MR) is 73.8 cm³/mol.